The minimum absolute atomic E-state index is 0.104. The zero-order valence-corrected chi connectivity index (χ0v) is 14.0. The Labute approximate surface area is 128 Å². The number of allylic oxidation sites excluding steroid dienone is 2. The van der Waals surface area contributed by atoms with Crippen LogP contribution in [-0.2, 0) is 9.53 Å². The Hall–Kier alpha value is -1.13. The van der Waals surface area contributed by atoms with Crippen LogP contribution in [0.3, 0.4) is 0 Å². The number of carbonyl (C=O) groups is 1. The number of rotatable bonds is 7. The molecule has 0 amide bonds. The van der Waals surface area contributed by atoms with Gasteiger partial charge < -0.3 is 14.9 Å². The van der Waals surface area contributed by atoms with E-state index >= 15 is 0 Å². The molecule has 0 spiro atoms. The summed E-state index contributed by atoms with van der Waals surface area (Å²) in [4.78, 5) is 9.00. The second kappa shape index (κ2) is 8.35. The van der Waals surface area contributed by atoms with Gasteiger partial charge in [0.25, 0.3) is 5.97 Å². The largest absolute Gasteiger partial charge is 0.481 e. The van der Waals surface area contributed by atoms with E-state index < -0.39 is 11.6 Å². The molecule has 4 heteroatoms. The zero-order valence-electron chi connectivity index (χ0n) is 14.0. The van der Waals surface area contributed by atoms with Gasteiger partial charge in [-0.25, -0.2) is 0 Å². The maximum absolute atomic E-state index is 9.77. The van der Waals surface area contributed by atoms with Crippen LogP contribution in [-0.4, -0.2) is 33.5 Å². The Kier molecular flexibility index (Phi) is 7.90. The molecule has 1 aliphatic heterocycles. The maximum atomic E-state index is 9.77. The fourth-order valence-corrected chi connectivity index (χ4v) is 1.91. The number of aliphatic hydroxyl groups is 1. The van der Waals surface area contributed by atoms with Crippen molar-refractivity contribution in [2.24, 2.45) is 0 Å². The van der Waals surface area contributed by atoms with E-state index in [4.69, 9.17) is 14.6 Å². The maximum Gasteiger partial charge on any atom is 0.300 e. The van der Waals surface area contributed by atoms with E-state index in [2.05, 4.69) is 33.4 Å². The van der Waals surface area contributed by atoms with Crippen LogP contribution in [0.2, 0.25) is 0 Å². The van der Waals surface area contributed by atoms with Crippen molar-refractivity contribution in [3.05, 3.63) is 24.3 Å². The van der Waals surface area contributed by atoms with Gasteiger partial charge in [0.2, 0.25) is 0 Å². The van der Waals surface area contributed by atoms with Crippen molar-refractivity contribution in [3.8, 4) is 0 Å². The number of aliphatic carboxylic acids is 1. The van der Waals surface area contributed by atoms with Gasteiger partial charge in [0.15, 0.2) is 0 Å². The first kappa shape index (κ1) is 19.9. The molecular weight excluding hydrogens is 268 g/mol. The van der Waals surface area contributed by atoms with Crippen molar-refractivity contribution in [1.82, 2.24) is 0 Å². The summed E-state index contributed by atoms with van der Waals surface area (Å²) in [6.45, 7) is 12.9. The number of carboxylic acids is 1. The molecule has 0 aromatic carbocycles. The lowest BCUT2D eigenvalue weighted by atomic mass is 9.98. The summed E-state index contributed by atoms with van der Waals surface area (Å²) in [5.41, 5.74) is 0.752. The highest BCUT2D eigenvalue weighted by Gasteiger charge is 2.46. The predicted molar refractivity (Wildman–Crippen MR) is 85.3 cm³/mol. The van der Waals surface area contributed by atoms with E-state index in [0.717, 1.165) is 32.6 Å². The summed E-state index contributed by atoms with van der Waals surface area (Å²) in [7, 11) is 0. The van der Waals surface area contributed by atoms with Gasteiger partial charge in [-0.2, -0.15) is 0 Å². The molecule has 1 heterocycles. The molecule has 1 rings (SSSR count). The third-order valence-corrected chi connectivity index (χ3v) is 3.55. The molecule has 2 N–H and O–H groups in total. The van der Waals surface area contributed by atoms with Crippen LogP contribution < -0.4 is 0 Å². The van der Waals surface area contributed by atoms with Gasteiger partial charge in [0.1, 0.15) is 0 Å². The Balaban J connectivity index is 0.000000885. The van der Waals surface area contributed by atoms with Crippen molar-refractivity contribution in [2.45, 2.75) is 77.6 Å². The fraction of sp³-hybridized carbons (Fsp3) is 0.706. The molecular formula is C17H30O4. The number of ether oxygens (including phenoxy) is 1. The van der Waals surface area contributed by atoms with Gasteiger partial charge in [-0.3, -0.25) is 4.79 Å². The Bertz CT molecular complexity index is 376. The highest BCUT2D eigenvalue weighted by Crippen LogP contribution is 2.38. The average molecular weight is 298 g/mol. The van der Waals surface area contributed by atoms with E-state index in [0.29, 0.717) is 6.10 Å². The summed E-state index contributed by atoms with van der Waals surface area (Å²) in [5, 5.41) is 17.2. The highest BCUT2D eigenvalue weighted by atomic mass is 16.6. The lowest BCUT2D eigenvalue weighted by Gasteiger charge is -2.16. The molecule has 2 atom stereocenters. The van der Waals surface area contributed by atoms with Crippen molar-refractivity contribution in [1.29, 1.82) is 0 Å². The minimum atomic E-state index is -0.833. The second-order valence-corrected chi connectivity index (χ2v) is 6.42. The van der Waals surface area contributed by atoms with Crippen LogP contribution in [0.1, 0.15) is 60.3 Å². The third-order valence-electron chi connectivity index (χ3n) is 3.55. The normalized spacial score (nSPS) is 22.6. The van der Waals surface area contributed by atoms with Crippen molar-refractivity contribution in [2.75, 3.05) is 0 Å². The van der Waals surface area contributed by atoms with E-state index in [9.17, 15) is 5.11 Å². The van der Waals surface area contributed by atoms with Crippen LogP contribution >= 0.6 is 0 Å². The van der Waals surface area contributed by atoms with Gasteiger partial charge in [-0.1, -0.05) is 17.7 Å². The summed E-state index contributed by atoms with van der Waals surface area (Å²) in [5.74, 6) is -0.833. The van der Waals surface area contributed by atoms with Gasteiger partial charge >= 0.3 is 0 Å². The molecule has 2 unspecified atom stereocenters. The third kappa shape index (κ3) is 10.3. The first-order valence-electron chi connectivity index (χ1n) is 7.39. The van der Waals surface area contributed by atoms with E-state index in [1.54, 1.807) is 13.0 Å². The highest BCUT2D eigenvalue weighted by molar-refractivity contribution is 5.62. The van der Waals surface area contributed by atoms with Crippen molar-refractivity contribution in [3.63, 3.8) is 0 Å². The Morgan fingerprint density at radius 3 is 2.29 bits per heavy atom. The Morgan fingerprint density at radius 1 is 1.43 bits per heavy atom. The molecule has 21 heavy (non-hydrogen) atoms. The van der Waals surface area contributed by atoms with E-state index in [-0.39, 0.29) is 5.60 Å². The minimum Gasteiger partial charge on any atom is -0.481 e. The van der Waals surface area contributed by atoms with Gasteiger partial charge in [-0.15, -0.1) is 6.58 Å². The number of hydrogen-bond donors (Lipinski definition) is 2. The lowest BCUT2D eigenvalue weighted by Crippen LogP contribution is -2.19. The molecule has 0 aromatic heterocycles. The van der Waals surface area contributed by atoms with Crippen LogP contribution in [0.25, 0.3) is 0 Å². The van der Waals surface area contributed by atoms with Crippen molar-refractivity contribution < 1.29 is 19.7 Å². The molecule has 0 radical (unpaired) electrons. The van der Waals surface area contributed by atoms with Crippen LogP contribution in [0.15, 0.2) is 24.3 Å². The standard InChI is InChI=1S/C15H26O2.C2H4O2/c1-6-15(5,16)11-7-8-12(2)9-10-13-14(3,4)17-13;1-2(3)4/h6,8,13,16H,1,7,9-11H2,2-5H3;1H3,(H,3,4). The molecule has 0 aliphatic carbocycles. The summed E-state index contributed by atoms with van der Waals surface area (Å²) < 4.78 is 5.55. The molecule has 1 aliphatic rings. The zero-order chi connectivity index (χ0) is 16.7. The van der Waals surface area contributed by atoms with E-state index in [1.807, 2.05) is 0 Å². The molecule has 1 saturated heterocycles. The average Bonchev–Trinajstić information content (AvgIpc) is 2.94. The Morgan fingerprint density at radius 2 is 1.90 bits per heavy atom. The second-order valence-electron chi connectivity index (χ2n) is 6.42. The summed E-state index contributed by atoms with van der Waals surface area (Å²) in [6, 6.07) is 0. The number of hydrogen-bond acceptors (Lipinski definition) is 3. The van der Waals surface area contributed by atoms with Gasteiger partial charge in [0, 0.05) is 6.92 Å². The predicted octanol–water partition coefficient (Wildman–Crippen LogP) is 3.70. The first-order chi connectivity index (χ1) is 9.50. The molecule has 122 valence electrons. The van der Waals surface area contributed by atoms with Crippen LogP contribution in [0.5, 0.6) is 0 Å². The molecule has 0 bridgehead atoms. The smallest absolute Gasteiger partial charge is 0.300 e. The monoisotopic (exact) mass is 298 g/mol. The summed E-state index contributed by atoms with van der Waals surface area (Å²) in [6.07, 6.45) is 8.09. The molecule has 4 nitrogen and oxygen atoms in total. The fourth-order valence-electron chi connectivity index (χ4n) is 1.91. The lowest BCUT2D eigenvalue weighted by molar-refractivity contribution is -0.134. The van der Waals surface area contributed by atoms with Crippen LogP contribution in [0, 0.1) is 0 Å². The summed E-state index contributed by atoms with van der Waals surface area (Å²) >= 11 is 0. The topological polar surface area (TPSA) is 70.1 Å². The SMILES string of the molecule is C=CC(C)(O)CCC=C(C)CCC1OC1(C)C.CC(=O)O. The first-order valence-corrected chi connectivity index (χ1v) is 7.39. The van der Waals surface area contributed by atoms with Gasteiger partial charge in [0.05, 0.1) is 17.3 Å². The van der Waals surface area contributed by atoms with Crippen molar-refractivity contribution >= 4 is 5.97 Å². The molecule has 0 saturated carbocycles. The van der Waals surface area contributed by atoms with Gasteiger partial charge in [-0.05, 0) is 53.4 Å². The van der Waals surface area contributed by atoms with Crippen LogP contribution in [0.4, 0.5) is 0 Å². The quantitative estimate of drug-likeness (QED) is 0.555. The molecule has 1 fully saturated rings. The van der Waals surface area contributed by atoms with E-state index in [1.165, 1.54) is 5.57 Å². The number of carboxylic acid groups (broad SMARTS) is 1. The number of epoxide rings is 1. The molecule has 0 aromatic rings.